The lowest BCUT2D eigenvalue weighted by molar-refractivity contribution is 0.104. The van der Waals surface area contributed by atoms with Crippen LogP contribution in [0.4, 0.5) is 0 Å². The second-order valence-corrected chi connectivity index (χ2v) is 3.97. The van der Waals surface area contributed by atoms with Crippen LogP contribution in [0.25, 0.3) is 0 Å². The van der Waals surface area contributed by atoms with Crippen LogP contribution < -0.4 is 4.74 Å². The van der Waals surface area contributed by atoms with E-state index in [1.807, 2.05) is 24.3 Å². The first-order valence-corrected chi connectivity index (χ1v) is 5.89. The minimum absolute atomic E-state index is 0.143. The molecule has 0 spiro atoms. The van der Waals surface area contributed by atoms with Gasteiger partial charge < -0.3 is 9.57 Å². The van der Waals surface area contributed by atoms with E-state index in [2.05, 4.69) is 21.1 Å². The molecule has 0 aliphatic carbocycles. The molecule has 0 saturated carbocycles. The third-order valence-electron chi connectivity index (χ3n) is 2.32. The van der Waals surface area contributed by atoms with Gasteiger partial charge in [0.2, 0.25) is 0 Å². The highest BCUT2D eigenvalue weighted by Crippen LogP contribution is 2.24. The number of ether oxygens (including phenoxy) is 1. The largest absolute Gasteiger partial charge is 0.496 e. The summed E-state index contributed by atoms with van der Waals surface area (Å²) in [5.74, 6) is 0.843. The second kappa shape index (κ2) is 4.66. The van der Waals surface area contributed by atoms with Crippen LogP contribution in [-0.2, 0) is 4.84 Å². The summed E-state index contributed by atoms with van der Waals surface area (Å²) in [5, 5.41) is 4.87. The summed E-state index contributed by atoms with van der Waals surface area (Å²) >= 11 is 3.38. The monoisotopic (exact) mass is 269 g/mol. The van der Waals surface area contributed by atoms with Gasteiger partial charge in [-0.1, -0.05) is 33.2 Å². The zero-order valence-electron chi connectivity index (χ0n) is 8.44. The Morgan fingerprint density at radius 3 is 3.00 bits per heavy atom. The quantitative estimate of drug-likeness (QED) is 0.790. The number of oxime groups is 1. The molecule has 2 rings (SSSR count). The molecule has 1 aromatic carbocycles. The van der Waals surface area contributed by atoms with Crippen LogP contribution in [0.1, 0.15) is 12.0 Å². The minimum Gasteiger partial charge on any atom is -0.496 e. The predicted molar refractivity (Wildman–Crippen MR) is 62.8 cm³/mol. The molecule has 0 saturated heterocycles. The van der Waals surface area contributed by atoms with Crippen molar-refractivity contribution >= 4 is 21.6 Å². The Bertz CT molecular complexity index is 379. The molecule has 0 radical (unpaired) electrons. The number of alkyl halides is 1. The summed E-state index contributed by atoms with van der Waals surface area (Å²) < 4.78 is 5.28. The second-order valence-electron chi connectivity index (χ2n) is 3.32. The van der Waals surface area contributed by atoms with Gasteiger partial charge in [-0.25, -0.2) is 0 Å². The van der Waals surface area contributed by atoms with Gasteiger partial charge in [0.15, 0.2) is 0 Å². The van der Waals surface area contributed by atoms with Crippen LogP contribution in [0, 0.1) is 0 Å². The smallest absolute Gasteiger partial charge is 0.142 e. The topological polar surface area (TPSA) is 30.8 Å². The van der Waals surface area contributed by atoms with Gasteiger partial charge in [0.05, 0.1) is 12.8 Å². The van der Waals surface area contributed by atoms with Gasteiger partial charge >= 0.3 is 0 Å². The van der Waals surface area contributed by atoms with Crippen molar-refractivity contribution in [1.29, 1.82) is 0 Å². The van der Waals surface area contributed by atoms with E-state index < -0.39 is 0 Å². The van der Waals surface area contributed by atoms with Crippen LogP contribution in [0.15, 0.2) is 29.4 Å². The number of rotatable bonds is 3. The lowest BCUT2D eigenvalue weighted by atomic mass is 10.0. The average Bonchev–Trinajstić information content (AvgIpc) is 2.77. The molecule has 1 heterocycles. The first kappa shape index (κ1) is 10.5. The summed E-state index contributed by atoms with van der Waals surface area (Å²) in [6.45, 7) is 0. The first-order chi connectivity index (χ1) is 7.35. The fourth-order valence-corrected chi connectivity index (χ4v) is 1.90. The first-order valence-electron chi connectivity index (χ1n) is 4.77. The molecule has 3 nitrogen and oxygen atoms in total. The van der Waals surface area contributed by atoms with E-state index in [1.54, 1.807) is 7.11 Å². The van der Waals surface area contributed by atoms with E-state index in [1.165, 1.54) is 0 Å². The fourth-order valence-electron chi connectivity index (χ4n) is 1.55. The molecule has 80 valence electrons. The molecular formula is C11H12BrNO2. The number of nitrogens with zero attached hydrogens (tertiary/aromatic N) is 1. The van der Waals surface area contributed by atoms with E-state index >= 15 is 0 Å². The summed E-state index contributed by atoms with van der Waals surface area (Å²) in [6.07, 6.45) is 0.968. The molecule has 0 N–H and O–H groups in total. The Labute approximate surface area is 97.2 Å². The molecule has 1 aliphatic rings. The van der Waals surface area contributed by atoms with E-state index in [0.717, 1.165) is 28.8 Å². The van der Waals surface area contributed by atoms with Crippen molar-refractivity contribution in [2.75, 3.05) is 12.4 Å². The zero-order valence-corrected chi connectivity index (χ0v) is 10.0. The number of hydrogen-bond acceptors (Lipinski definition) is 3. The normalized spacial score (nSPS) is 19.6. The highest BCUT2D eigenvalue weighted by Gasteiger charge is 2.22. The minimum atomic E-state index is 0.143. The Hall–Kier alpha value is -1.03. The Morgan fingerprint density at radius 1 is 1.53 bits per heavy atom. The van der Waals surface area contributed by atoms with Gasteiger partial charge in [0, 0.05) is 17.3 Å². The van der Waals surface area contributed by atoms with Crippen molar-refractivity contribution in [3.63, 3.8) is 0 Å². The number of halogens is 1. The third kappa shape index (κ3) is 2.15. The van der Waals surface area contributed by atoms with E-state index in [-0.39, 0.29) is 6.10 Å². The van der Waals surface area contributed by atoms with Gasteiger partial charge in [-0.2, -0.15) is 0 Å². The number of para-hydroxylation sites is 1. The summed E-state index contributed by atoms with van der Waals surface area (Å²) in [6, 6.07) is 7.85. The van der Waals surface area contributed by atoms with E-state index in [4.69, 9.17) is 9.57 Å². The lowest BCUT2D eigenvalue weighted by Gasteiger charge is -2.06. The zero-order chi connectivity index (χ0) is 10.7. The van der Waals surface area contributed by atoms with Crippen molar-refractivity contribution in [1.82, 2.24) is 0 Å². The molecule has 0 bridgehead atoms. The molecule has 0 fully saturated rings. The van der Waals surface area contributed by atoms with E-state index in [9.17, 15) is 0 Å². The van der Waals surface area contributed by atoms with Crippen molar-refractivity contribution in [3.05, 3.63) is 29.8 Å². The van der Waals surface area contributed by atoms with Gasteiger partial charge in [0.25, 0.3) is 0 Å². The predicted octanol–water partition coefficient (Wildman–Crippen LogP) is 2.58. The maximum absolute atomic E-state index is 5.28. The third-order valence-corrected chi connectivity index (χ3v) is 3.05. The standard InChI is InChI=1S/C11H12BrNO2/c1-14-11-5-3-2-4-9(11)10-6-8(7-12)15-13-10/h2-5,8H,6-7H2,1H3/t8-/m1/s1. The molecule has 1 aromatic rings. The van der Waals surface area contributed by atoms with E-state index in [0.29, 0.717) is 0 Å². The average molecular weight is 270 g/mol. The Morgan fingerprint density at radius 2 is 2.33 bits per heavy atom. The van der Waals surface area contributed by atoms with Crippen LogP contribution in [0.5, 0.6) is 5.75 Å². The molecule has 4 heteroatoms. The van der Waals surface area contributed by atoms with Gasteiger partial charge in [-0.05, 0) is 12.1 Å². The molecular weight excluding hydrogens is 258 g/mol. The highest BCUT2D eigenvalue weighted by molar-refractivity contribution is 9.09. The maximum Gasteiger partial charge on any atom is 0.142 e. The molecule has 1 atom stereocenters. The van der Waals surface area contributed by atoms with Gasteiger partial charge in [-0.15, -0.1) is 0 Å². The van der Waals surface area contributed by atoms with Gasteiger partial charge in [0.1, 0.15) is 11.9 Å². The SMILES string of the molecule is COc1ccccc1C1=NO[C@@H](CBr)C1. The van der Waals surface area contributed by atoms with Crippen molar-refractivity contribution in [3.8, 4) is 5.75 Å². The lowest BCUT2D eigenvalue weighted by Crippen LogP contribution is -2.09. The van der Waals surface area contributed by atoms with Crippen LogP contribution in [0.3, 0.4) is 0 Å². The van der Waals surface area contributed by atoms with Gasteiger partial charge in [-0.3, -0.25) is 0 Å². The van der Waals surface area contributed by atoms with Crippen molar-refractivity contribution in [2.45, 2.75) is 12.5 Å². The summed E-state index contributed by atoms with van der Waals surface area (Å²) in [5.41, 5.74) is 1.97. The fraction of sp³-hybridized carbons (Fsp3) is 0.364. The summed E-state index contributed by atoms with van der Waals surface area (Å²) in [7, 11) is 1.66. The molecule has 0 amide bonds. The van der Waals surface area contributed by atoms with Crippen molar-refractivity contribution in [2.24, 2.45) is 5.16 Å². The summed E-state index contributed by atoms with van der Waals surface area (Å²) in [4.78, 5) is 5.25. The molecule has 0 aromatic heterocycles. The van der Waals surface area contributed by atoms with Crippen LogP contribution in [-0.4, -0.2) is 24.3 Å². The Balaban J connectivity index is 2.23. The number of methoxy groups -OCH3 is 1. The Kier molecular flexibility index (Phi) is 3.26. The molecule has 15 heavy (non-hydrogen) atoms. The van der Waals surface area contributed by atoms with Crippen LogP contribution in [0.2, 0.25) is 0 Å². The number of hydrogen-bond donors (Lipinski definition) is 0. The maximum atomic E-state index is 5.28. The molecule has 0 unspecified atom stereocenters. The van der Waals surface area contributed by atoms with Crippen molar-refractivity contribution < 1.29 is 9.57 Å². The van der Waals surface area contributed by atoms with Crippen LogP contribution >= 0.6 is 15.9 Å². The molecule has 1 aliphatic heterocycles. The highest BCUT2D eigenvalue weighted by atomic mass is 79.9. The number of benzene rings is 1.